The number of hydrogen-bond acceptors (Lipinski definition) is 4. The van der Waals surface area contributed by atoms with Crippen LogP contribution in [0, 0.1) is 6.92 Å². The van der Waals surface area contributed by atoms with Crippen LogP contribution < -0.4 is 9.47 Å². The van der Waals surface area contributed by atoms with E-state index in [1.54, 1.807) is 26.2 Å². The van der Waals surface area contributed by atoms with Gasteiger partial charge in [0, 0.05) is 11.6 Å². The maximum absolute atomic E-state index is 11.3. The van der Waals surface area contributed by atoms with E-state index in [1.807, 2.05) is 31.2 Å². The highest BCUT2D eigenvalue weighted by Crippen LogP contribution is 2.20. The highest BCUT2D eigenvalue weighted by atomic mass is 16.5. The first-order chi connectivity index (χ1) is 9.60. The Bertz CT molecular complexity index is 623. The summed E-state index contributed by atoms with van der Waals surface area (Å²) in [6.07, 6.45) is 0. The summed E-state index contributed by atoms with van der Waals surface area (Å²) in [5.74, 6) is 1.36. The third-order valence-electron chi connectivity index (χ3n) is 2.95. The fourth-order valence-electron chi connectivity index (χ4n) is 1.83. The molecule has 0 aliphatic rings. The van der Waals surface area contributed by atoms with Gasteiger partial charge in [0.2, 0.25) is 5.88 Å². The van der Waals surface area contributed by atoms with E-state index >= 15 is 0 Å². The van der Waals surface area contributed by atoms with Crippen LogP contribution in [0.15, 0.2) is 36.4 Å². The van der Waals surface area contributed by atoms with Crippen molar-refractivity contribution in [2.24, 2.45) is 0 Å². The molecule has 0 aliphatic heterocycles. The highest BCUT2D eigenvalue weighted by Gasteiger charge is 2.05. The maximum Gasteiger partial charge on any atom is 0.213 e. The molecule has 0 saturated carbocycles. The van der Waals surface area contributed by atoms with E-state index in [9.17, 15) is 4.79 Å². The van der Waals surface area contributed by atoms with Gasteiger partial charge in [0.15, 0.2) is 5.78 Å². The first kappa shape index (κ1) is 14.1. The van der Waals surface area contributed by atoms with Crippen molar-refractivity contribution >= 4 is 5.78 Å². The molecule has 0 atom stereocenters. The van der Waals surface area contributed by atoms with Crippen molar-refractivity contribution in [1.29, 1.82) is 0 Å². The first-order valence-electron chi connectivity index (χ1n) is 6.34. The smallest absolute Gasteiger partial charge is 0.213 e. The summed E-state index contributed by atoms with van der Waals surface area (Å²) in [7, 11) is 1.58. The number of methoxy groups -OCH3 is 1. The van der Waals surface area contributed by atoms with Crippen LogP contribution in [0.1, 0.15) is 28.5 Å². The molecule has 0 N–H and O–H groups in total. The van der Waals surface area contributed by atoms with Crippen LogP contribution in [0.3, 0.4) is 0 Å². The van der Waals surface area contributed by atoms with E-state index in [2.05, 4.69) is 4.98 Å². The van der Waals surface area contributed by atoms with Crippen LogP contribution in [0.25, 0.3) is 0 Å². The third kappa shape index (κ3) is 3.35. The molecule has 1 aromatic carbocycles. The Hall–Kier alpha value is -2.36. The summed E-state index contributed by atoms with van der Waals surface area (Å²) < 4.78 is 10.8. The van der Waals surface area contributed by atoms with Crippen molar-refractivity contribution in [3.8, 4) is 11.6 Å². The number of ether oxygens (including phenoxy) is 2. The zero-order valence-corrected chi connectivity index (χ0v) is 11.8. The Balaban J connectivity index is 2.08. The molecule has 4 heteroatoms. The summed E-state index contributed by atoms with van der Waals surface area (Å²) in [4.78, 5) is 15.6. The number of nitrogens with zero attached hydrogens (tertiary/aromatic N) is 1. The fourth-order valence-corrected chi connectivity index (χ4v) is 1.83. The number of Topliss-reactive ketones (excluding diaryl/α,β-unsaturated/α-hetero) is 1. The van der Waals surface area contributed by atoms with Crippen molar-refractivity contribution in [2.45, 2.75) is 20.5 Å². The highest BCUT2D eigenvalue weighted by molar-refractivity contribution is 5.94. The van der Waals surface area contributed by atoms with Crippen molar-refractivity contribution in [3.05, 3.63) is 53.2 Å². The maximum atomic E-state index is 11.3. The molecule has 104 valence electrons. The van der Waals surface area contributed by atoms with E-state index in [1.165, 1.54) is 0 Å². The van der Waals surface area contributed by atoms with Gasteiger partial charge in [0.1, 0.15) is 12.4 Å². The summed E-state index contributed by atoms with van der Waals surface area (Å²) in [6.45, 7) is 3.83. The Labute approximate surface area is 118 Å². The number of aromatic nitrogens is 1. The number of carbonyl (C=O) groups is 1. The second kappa shape index (κ2) is 6.19. The van der Waals surface area contributed by atoms with E-state index in [0.29, 0.717) is 18.1 Å². The van der Waals surface area contributed by atoms with E-state index in [4.69, 9.17) is 9.47 Å². The molecule has 1 heterocycles. The Morgan fingerprint density at radius 2 is 2.05 bits per heavy atom. The zero-order chi connectivity index (χ0) is 14.5. The van der Waals surface area contributed by atoms with Gasteiger partial charge in [-0.05, 0) is 43.7 Å². The summed E-state index contributed by atoms with van der Waals surface area (Å²) in [5, 5.41) is 0. The van der Waals surface area contributed by atoms with Gasteiger partial charge < -0.3 is 9.47 Å². The number of aryl methyl sites for hydroxylation is 1. The van der Waals surface area contributed by atoms with Crippen LogP contribution >= 0.6 is 0 Å². The zero-order valence-electron chi connectivity index (χ0n) is 11.8. The van der Waals surface area contributed by atoms with Gasteiger partial charge in [-0.25, -0.2) is 4.98 Å². The van der Waals surface area contributed by atoms with Gasteiger partial charge in [-0.15, -0.1) is 0 Å². The van der Waals surface area contributed by atoms with Crippen molar-refractivity contribution in [2.75, 3.05) is 7.11 Å². The summed E-state index contributed by atoms with van der Waals surface area (Å²) in [5.41, 5.74) is 2.41. The number of carbonyl (C=O) groups excluding carboxylic acids is 1. The Kier molecular flexibility index (Phi) is 4.35. The second-order valence-electron chi connectivity index (χ2n) is 4.50. The van der Waals surface area contributed by atoms with Crippen LogP contribution in [0.5, 0.6) is 11.6 Å². The van der Waals surface area contributed by atoms with E-state index in [0.717, 1.165) is 17.0 Å². The molecule has 20 heavy (non-hydrogen) atoms. The number of pyridine rings is 1. The standard InChI is InChI=1S/C16H17NO3/c1-11-9-13(12(2)18)7-8-15(11)20-10-14-5-4-6-16(17-14)19-3/h4-9H,10H2,1-3H3. The molecule has 1 aromatic heterocycles. The predicted octanol–water partition coefficient (Wildman–Crippen LogP) is 3.18. The molecule has 4 nitrogen and oxygen atoms in total. The molecule has 0 bridgehead atoms. The normalized spacial score (nSPS) is 10.2. The minimum atomic E-state index is 0.0501. The molecule has 0 fully saturated rings. The minimum Gasteiger partial charge on any atom is -0.487 e. The second-order valence-corrected chi connectivity index (χ2v) is 4.50. The molecular weight excluding hydrogens is 254 g/mol. The van der Waals surface area contributed by atoms with Crippen molar-refractivity contribution in [3.63, 3.8) is 0 Å². The molecule has 0 unspecified atom stereocenters. The lowest BCUT2D eigenvalue weighted by Crippen LogP contribution is -2.01. The van der Waals surface area contributed by atoms with E-state index in [-0.39, 0.29) is 5.78 Å². The topological polar surface area (TPSA) is 48.4 Å². The summed E-state index contributed by atoms with van der Waals surface area (Å²) >= 11 is 0. The molecule has 0 saturated heterocycles. The molecule has 0 aliphatic carbocycles. The quantitative estimate of drug-likeness (QED) is 0.784. The van der Waals surface area contributed by atoms with Crippen LogP contribution in [0.2, 0.25) is 0 Å². The van der Waals surface area contributed by atoms with Gasteiger partial charge in [-0.3, -0.25) is 4.79 Å². The lowest BCUT2D eigenvalue weighted by atomic mass is 10.1. The fraction of sp³-hybridized carbons (Fsp3) is 0.250. The van der Waals surface area contributed by atoms with Gasteiger partial charge in [0.25, 0.3) is 0 Å². The first-order valence-corrected chi connectivity index (χ1v) is 6.34. The van der Waals surface area contributed by atoms with E-state index < -0.39 is 0 Å². The monoisotopic (exact) mass is 271 g/mol. The number of rotatable bonds is 5. The average Bonchev–Trinajstić information content (AvgIpc) is 2.46. The lowest BCUT2D eigenvalue weighted by Gasteiger charge is -2.10. The van der Waals surface area contributed by atoms with Crippen molar-refractivity contribution in [1.82, 2.24) is 4.98 Å². The molecular formula is C16H17NO3. The van der Waals surface area contributed by atoms with Gasteiger partial charge in [0.05, 0.1) is 12.8 Å². The third-order valence-corrected chi connectivity index (χ3v) is 2.95. The molecule has 0 amide bonds. The Morgan fingerprint density at radius 3 is 2.70 bits per heavy atom. The largest absolute Gasteiger partial charge is 0.487 e. The summed E-state index contributed by atoms with van der Waals surface area (Å²) in [6, 6.07) is 10.9. The lowest BCUT2D eigenvalue weighted by molar-refractivity contribution is 0.101. The molecule has 2 aromatic rings. The minimum absolute atomic E-state index is 0.0501. The van der Waals surface area contributed by atoms with Gasteiger partial charge in [-0.2, -0.15) is 0 Å². The molecule has 0 radical (unpaired) electrons. The SMILES string of the molecule is COc1cccc(COc2ccc(C(C)=O)cc2C)n1. The van der Waals surface area contributed by atoms with Gasteiger partial charge >= 0.3 is 0 Å². The van der Waals surface area contributed by atoms with Crippen LogP contribution in [0.4, 0.5) is 0 Å². The number of hydrogen-bond donors (Lipinski definition) is 0. The molecule has 0 spiro atoms. The van der Waals surface area contributed by atoms with Gasteiger partial charge in [-0.1, -0.05) is 6.07 Å². The Morgan fingerprint density at radius 1 is 1.25 bits per heavy atom. The average molecular weight is 271 g/mol. The van der Waals surface area contributed by atoms with Crippen molar-refractivity contribution < 1.29 is 14.3 Å². The molecule has 2 rings (SSSR count). The predicted molar refractivity (Wildman–Crippen MR) is 76.3 cm³/mol. The van der Waals surface area contributed by atoms with Crippen LogP contribution in [-0.4, -0.2) is 17.9 Å². The number of benzene rings is 1. The number of ketones is 1. The van der Waals surface area contributed by atoms with Crippen LogP contribution in [-0.2, 0) is 6.61 Å².